The van der Waals surface area contributed by atoms with Crippen molar-refractivity contribution < 1.29 is 19.0 Å². The number of benzene rings is 2. The van der Waals surface area contributed by atoms with Crippen LogP contribution in [0.25, 0.3) is 10.9 Å². The van der Waals surface area contributed by atoms with E-state index in [9.17, 15) is 4.79 Å². The Morgan fingerprint density at radius 1 is 0.853 bits per heavy atom. The number of ether oxygens (including phenoxy) is 3. The van der Waals surface area contributed by atoms with Crippen LogP contribution in [0.2, 0.25) is 0 Å². The number of urea groups is 1. The first-order valence-electron chi connectivity index (χ1n) is 10.4. The van der Waals surface area contributed by atoms with Gasteiger partial charge in [0.05, 0.1) is 19.7 Å². The molecule has 2 amide bonds. The molecule has 0 spiro atoms. The Kier molecular flexibility index (Phi) is 6.83. The zero-order valence-electron chi connectivity index (χ0n) is 19.1. The van der Waals surface area contributed by atoms with Crippen molar-refractivity contribution in [3.63, 3.8) is 0 Å². The van der Waals surface area contributed by atoms with E-state index in [4.69, 9.17) is 14.2 Å². The first kappa shape index (κ1) is 23.3. The molecule has 4 rings (SSSR count). The number of hydrogen-bond acceptors (Lipinski definition) is 6. The number of amides is 2. The molecule has 0 aliphatic rings. The molecular formula is C25H23BrN4O4. The van der Waals surface area contributed by atoms with Crippen LogP contribution in [0, 0.1) is 13.8 Å². The van der Waals surface area contributed by atoms with Gasteiger partial charge in [-0.05, 0) is 77.3 Å². The summed E-state index contributed by atoms with van der Waals surface area (Å²) in [6.45, 7) is 3.87. The molecule has 2 aromatic carbocycles. The van der Waals surface area contributed by atoms with Crippen LogP contribution in [0.5, 0.6) is 23.0 Å². The van der Waals surface area contributed by atoms with Gasteiger partial charge >= 0.3 is 6.03 Å². The number of anilines is 2. The number of halogens is 1. The summed E-state index contributed by atoms with van der Waals surface area (Å²) < 4.78 is 17.9. The lowest BCUT2D eigenvalue weighted by atomic mass is 10.1. The third-order valence-corrected chi connectivity index (χ3v) is 5.85. The molecule has 0 unspecified atom stereocenters. The molecule has 174 valence electrons. The zero-order valence-corrected chi connectivity index (χ0v) is 20.7. The summed E-state index contributed by atoms with van der Waals surface area (Å²) >= 11 is 3.32. The van der Waals surface area contributed by atoms with Gasteiger partial charge in [0.1, 0.15) is 17.3 Å². The molecule has 2 aromatic heterocycles. The SMILES string of the molecule is COc1cc2nccc(Oc3ccc(NC(=O)Nc4ccc(Br)cn4)c(C)c3C)c2cc1OC. The average molecular weight is 523 g/mol. The van der Waals surface area contributed by atoms with Gasteiger partial charge in [-0.15, -0.1) is 0 Å². The van der Waals surface area contributed by atoms with Crippen molar-refractivity contribution in [2.24, 2.45) is 0 Å². The second kappa shape index (κ2) is 9.96. The van der Waals surface area contributed by atoms with Crippen LogP contribution in [0.4, 0.5) is 16.3 Å². The summed E-state index contributed by atoms with van der Waals surface area (Å²) in [4.78, 5) is 21.0. The van der Waals surface area contributed by atoms with Crippen LogP contribution in [-0.2, 0) is 0 Å². The summed E-state index contributed by atoms with van der Waals surface area (Å²) in [6, 6.07) is 12.2. The van der Waals surface area contributed by atoms with Gasteiger partial charge in [0.25, 0.3) is 0 Å². The lowest BCUT2D eigenvalue weighted by Gasteiger charge is -2.16. The fraction of sp³-hybridized carbons (Fsp3) is 0.160. The van der Waals surface area contributed by atoms with Crippen LogP contribution in [0.3, 0.4) is 0 Å². The van der Waals surface area contributed by atoms with E-state index >= 15 is 0 Å². The molecule has 2 N–H and O–H groups in total. The van der Waals surface area contributed by atoms with Crippen molar-refractivity contribution in [3.8, 4) is 23.0 Å². The van der Waals surface area contributed by atoms with E-state index in [1.807, 2.05) is 32.0 Å². The normalized spacial score (nSPS) is 10.6. The van der Waals surface area contributed by atoms with Gasteiger partial charge in [-0.3, -0.25) is 10.3 Å². The van der Waals surface area contributed by atoms with Crippen LogP contribution in [0.15, 0.2) is 59.3 Å². The highest BCUT2D eigenvalue weighted by molar-refractivity contribution is 9.10. The number of carbonyl (C=O) groups excluding carboxylic acids is 1. The Hall–Kier alpha value is -3.85. The van der Waals surface area contributed by atoms with Crippen LogP contribution >= 0.6 is 15.9 Å². The molecule has 0 saturated carbocycles. The fourth-order valence-electron chi connectivity index (χ4n) is 3.42. The molecule has 0 aliphatic heterocycles. The van der Waals surface area contributed by atoms with Gasteiger partial charge < -0.3 is 19.5 Å². The lowest BCUT2D eigenvalue weighted by Crippen LogP contribution is -2.20. The van der Waals surface area contributed by atoms with Crippen molar-refractivity contribution in [2.75, 3.05) is 24.9 Å². The predicted molar refractivity (Wildman–Crippen MR) is 135 cm³/mol. The monoisotopic (exact) mass is 522 g/mol. The Morgan fingerprint density at radius 2 is 1.62 bits per heavy atom. The summed E-state index contributed by atoms with van der Waals surface area (Å²) in [5, 5.41) is 6.37. The van der Waals surface area contributed by atoms with Gasteiger partial charge in [0.2, 0.25) is 0 Å². The van der Waals surface area contributed by atoms with E-state index in [0.29, 0.717) is 34.5 Å². The number of hydrogen-bond donors (Lipinski definition) is 2. The maximum Gasteiger partial charge on any atom is 0.324 e. The minimum absolute atomic E-state index is 0.382. The molecule has 4 aromatic rings. The minimum Gasteiger partial charge on any atom is -0.493 e. The summed E-state index contributed by atoms with van der Waals surface area (Å²) in [5.74, 6) is 2.94. The highest BCUT2D eigenvalue weighted by atomic mass is 79.9. The maximum absolute atomic E-state index is 12.4. The van der Waals surface area contributed by atoms with Crippen LogP contribution < -0.4 is 24.8 Å². The van der Waals surface area contributed by atoms with E-state index in [1.165, 1.54) is 0 Å². The molecule has 0 atom stereocenters. The number of carbonyl (C=O) groups is 1. The zero-order chi connectivity index (χ0) is 24.2. The Morgan fingerprint density at radius 3 is 2.32 bits per heavy atom. The largest absolute Gasteiger partial charge is 0.493 e. The van der Waals surface area contributed by atoms with E-state index < -0.39 is 0 Å². The number of aromatic nitrogens is 2. The molecule has 0 aliphatic carbocycles. The van der Waals surface area contributed by atoms with Crippen molar-refractivity contribution in [1.29, 1.82) is 0 Å². The molecule has 9 heteroatoms. The van der Waals surface area contributed by atoms with Gasteiger partial charge in [0, 0.05) is 34.0 Å². The van der Waals surface area contributed by atoms with E-state index in [0.717, 1.165) is 26.5 Å². The topological polar surface area (TPSA) is 94.6 Å². The van der Waals surface area contributed by atoms with Gasteiger partial charge in [-0.1, -0.05) is 0 Å². The Balaban J connectivity index is 1.57. The van der Waals surface area contributed by atoms with Crippen LogP contribution in [-0.4, -0.2) is 30.2 Å². The molecule has 2 heterocycles. The first-order chi connectivity index (χ1) is 16.4. The highest BCUT2D eigenvalue weighted by Crippen LogP contribution is 2.38. The van der Waals surface area contributed by atoms with Crippen molar-refractivity contribution in [1.82, 2.24) is 9.97 Å². The number of rotatable bonds is 6. The molecular weight excluding hydrogens is 500 g/mol. The fourth-order valence-corrected chi connectivity index (χ4v) is 3.65. The highest BCUT2D eigenvalue weighted by Gasteiger charge is 2.14. The van der Waals surface area contributed by atoms with Crippen molar-refractivity contribution in [3.05, 3.63) is 70.5 Å². The van der Waals surface area contributed by atoms with Gasteiger partial charge in [0.15, 0.2) is 11.5 Å². The lowest BCUT2D eigenvalue weighted by molar-refractivity contribution is 0.262. The minimum atomic E-state index is -0.382. The molecule has 0 fully saturated rings. The number of nitrogens with one attached hydrogen (secondary N) is 2. The van der Waals surface area contributed by atoms with E-state index in [2.05, 4.69) is 36.5 Å². The van der Waals surface area contributed by atoms with Crippen molar-refractivity contribution in [2.45, 2.75) is 13.8 Å². The standard InChI is InChI=1S/C25H23BrN4O4/c1-14-15(2)20(7-6-18(14)29-25(31)30-24-8-5-16(26)13-28-24)34-21-9-10-27-19-12-23(33-4)22(32-3)11-17(19)21/h5-13H,1-4H3,(H2,28,29,30,31). The van der Waals surface area contributed by atoms with E-state index in [-0.39, 0.29) is 6.03 Å². The summed E-state index contributed by atoms with van der Waals surface area (Å²) in [7, 11) is 3.17. The third kappa shape index (κ3) is 4.89. The van der Waals surface area contributed by atoms with Crippen LogP contribution in [0.1, 0.15) is 11.1 Å². The molecule has 0 radical (unpaired) electrons. The molecule has 0 bridgehead atoms. The molecule has 34 heavy (non-hydrogen) atoms. The average Bonchev–Trinajstić information content (AvgIpc) is 2.84. The second-order valence-corrected chi connectivity index (χ2v) is 8.35. The van der Waals surface area contributed by atoms with Crippen molar-refractivity contribution >= 4 is 44.4 Å². The quantitative estimate of drug-likeness (QED) is 0.301. The molecule has 8 nitrogen and oxygen atoms in total. The van der Waals surface area contributed by atoms with Gasteiger partial charge in [-0.2, -0.15) is 0 Å². The Bertz CT molecular complexity index is 1360. The number of fused-ring (bicyclic) bond motifs is 1. The summed E-state index contributed by atoms with van der Waals surface area (Å²) in [5.41, 5.74) is 3.17. The van der Waals surface area contributed by atoms with Gasteiger partial charge in [-0.25, -0.2) is 9.78 Å². The first-order valence-corrected chi connectivity index (χ1v) is 11.2. The molecule has 0 saturated heterocycles. The number of methoxy groups -OCH3 is 2. The predicted octanol–water partition coefficient (Wildman–Crippen LogP) is 6.46. The summed E-state index contributed by atoms with van der Waals surface area (Å²) in [6.07, 6.45) is 3.30. The number of pyridine rings is 2. The maximum atomic E-state index is 12.4. The van der Waals surface area contributed by atoms with E-state index in [1.54, 1.807) is 50.9 Å². The smallest absolute Gasteiger partial charge is 0.324 e. The third-order valence-electron chi connectivity index (χ3n) is 5.38. The second-order valence-electron chi connectivity index (χ2n) is 7.44. The Labute approximate surface area is 205 Å². The number of nitrogens with zero attached hydrogens (tertiary/aromatic N) is 2.